The fraction of sp³-hybridized carbons (Fsp3) is 1.00. The molecule has 4 nitrogen and oxygen atoms in total. The molecule has 2 N–H and O–H groups in total. The van der Waals surface area contributed by atoms with Crippen molar-refractivity contribution in [2.75, 3.05) is 33.3 Å². The number of nitrogens with zero attached hydrogens (tertiary/aromatic N) is 2. The van der Waals surface area contributed by atoms with E-state index in [2.05, 4.69) is 67.3 Å². The first-order chi connectivity index (χ1) is 11.1. The van der Waals surface area contributed by atoms with E-state index in [1.165, 1.54) is 12.8 Å². The van der Waals surface area contributed by atoms with Gasteiger partial charge in [-0.25, -0.2) is 5.01 Å². The molecule has 1 saturated heterocycles. The van der Waals surface area contributed by atoms with Crippen molar-refractivity contribution in [3.05, 3.63) is 0 Å². The molecule has 0 saturated carbocycles. The number of nitrogens with two attached hydrogens (primary N) is 1. The molecule has 0 aliphatic carbocycles. The van der Waals surface area contributed by atoms with Crippen molar-refractivity contribution < 1.29 is 4.74 Å². The smallest absolute Gasteiger partial charge is 0.0800 e. The van der Waals surface area contributed by atoms with Gasteiger partial charge in [0.2, 0.25) is 0 Å². The highest BCUT2D eigenvalue weighted by molar-refractivity contribution is 4.98. The minimum Gasteiger partial charge on any atom is -0.375 e. The van der Waals surface area contributed by atoms with Crippen molar-refractivity contribution >= 4 is 0 Å². The van der Waals surface area contributed by atoms with Gasteiger partial charge in [-0.2, -0.15) is 0 Å². The van der Waals surface area contributed by atoms with Gasteiger partial charge in [0.25, 0.3) is 0 Å². The normalized spacial score (nSPS) is 23.1. The lowest BCUT2D eigenvalue weighted by Gasteiger charge is -2.52. The summed E-state index contributed by atoms with van der Waals surface area (Å²) in [5.41, 5.74) is 0.370. The molecule has 0 aromatic heterocycles. The Kier molecular flexibility index (Phi) is 10.7. The van der Waals surface area contributed by atoms with Crippen LogP contribution in [0.25, 0.3) is 0 Å². The molecule has 0 amide bonds. The molecule has 4 heteroatoms. The van der Waals surface area contributed by atoms with Crippen LogP contribution in [0.4, 0.5) is 0 Å². The zero-order valence-electron chi connectivity index (χ0n) is 18.0. The quantitative estimate of drug-likeness (QED) is 0.705. The molecule has 0 spiro atoms. The predicted molar refractivity (Wildman–Crippen MR) is 106 cm³/mol. The fourth-order valence-corrected chi connectivity index (χ4v) is 3.42. The van der Waals surface area contributed by atoms with Gasteiger partial charge < -0.3 is 9.64 Å². The molecule has 2 unspecified atom stereocenters. The molecular formula is C20H45N3O. The van der Waals surface area contributed by atoms with E-state index < -0.39 is 0 Å². The van der Waals surface area contributed by atoms with Gasteiger partial charge in [0.15, 0.2) is 0 Å². The molecule has 2 atom stereocenters. The number of hydrazine groups is 1. The van der Waals surface area contributed by atoms with Crippen LogP contribution >= 0.6 is 0 Å². The Balaban J connectivity index is 0.000000754. The first-order valence-electron chi connectivity index (χ1n) is 9.88. The third-order valence-electron chi connectivity index (χ3n) is 5.75. The number of ether oxygens (including phenoxy) is 1. The Labute approximate surface area is 152 Å². The van der Waals surface area contributed by atoms with Crippen molar-refractivity contribution in [3.8, 4) is 0 Å². The van der Waals surface area contributed by atoms with Crippen LogP contribution < -0.4 is 5.84 Å². The van der Waals surface area contributed by atoms with Gasteiger partial charge in [0, 0.05) is 6.54 Å². The Morgan fingerprint density at radius 3 is 1.96 bits per heavy atom. The summed E-state index contributed by atoms with van der Waals surface area (Å²) in [5, 5.41) is 2.03. The van der Waals surface area contributed by atoms with Crippen molar-refractivity contribution in [1.82, 2.24) is 9.91 Å². The Morgan fingerprint density at radius 2 is 1.58 bits per heavy atom. The molecule has 24 heavy (non-hydrogen) atoms. The molecular weight excluding hydrogens is 298 g/mol. The highest BCUT2D eigenvalue weighted by atomic mass is 16.5. The van der Waals surface area contributed by atoms with Gasteiger partial charge in [0.05, 0.1) is 18.8 Å². The lowest BCUT2D eigenvalue weighted by Crippen LogP contribution is -2.64. The number of hydrogen-bond acceptors (Lipinski definition) is 4. The molecule has 146 valence electrons. The molecule has 1 heterocycles. The SMILES string of the molecule is CCCC(C)(C)C1C(C(C)(C)CC)OCCN1N.CCN(C)CC. The van der Waals surface area contributed by atoms with Gasteiger partial charge in [-0.3, -0.25) is 5.84 Å². The van der Waals surface area contributed by atoms with Crippen LogP contribution in [0.15, 0.2) is 0 Å². The molecule has 0 aromatic rings. The van der Waals surface area contributed by atoms with Gasteiger partial charge in [-0.05, 0) is 43.8 Å². The maximum atomic E-state index is 6.29. The van der Waals surface area contributed by atoms with Crippen LogP contribution in [0.5, 0.6) is 0 Å². The number of rotatable bonds is 7. The molecule has 1 aliphatic heterocycles. The predicted octanol–water partition coefficient (Wildman–Crippen LogP) is 4.15. The van der Waals surface area contributed by atoms with Crippen LogP contribution in [0.1, 0.15) is 74.7 Å². The Bertz CT molecular complexity index is 327. The molecule has 0 aromatic carbocycles. The summed E-state index contributed by atoms with van der Waals surface area (Å²) in [5.74, 6) is 6.29. The maximum Gasteiger partial charge on any atom is 0.0800 e. The zero-order valence-corrected chi connectivity index (χ0v) is 18.0. The van der Waals surface area contributed by atoms with E-state index in [9.17, 15) is 0 Å². The molecule has 1 fully saturated rings. The second-order valence-corrected chi connectivity index (χ2v) is 8.54. The number of morpholine rings is 1. The molecule has 0 radical (unpaired) electrons. The van der Waals surface area contributed by atoms with Crippen LogP contribution in [-0.2, 0) is 4.74 Å². The maximum absolute atomic E-state index is 6.29. The first-order valence-corrected chi connectivity index (χ1v) is 9.88. The second-order valence-electron chi connectivity index (χ2n) is 8.54. The molecule has 1 rings (SSSR count). The minimum absolute atomic E-state index is 0.174. The summed E-state index contributed by atoms with van der Waals surface area (Å²) in [6, 6.07) is 0.307. The van der Waals surface area contributed by atoms with E-state index in [1.807, 2.05) is 5.01 Å². The third-order valence-corrected chi connectivity index (χ3v) is 5.75. The van der Waals surface area contributed by atoms with Crippen LogP contribution in [0.3, 0.4) is 0 Å². The first kappa shape index (κ1) is 23.8. The summed E-state index contributed by atoms with van der Waals surface area (Å²) in [4.78, 5) is 2.25. The second kappa shape index (κ2) is 10.7. The Morgan fingerprint density at radius 1 is 1.04 bits per heavy atom. The van der Waals surface area contributed by atoms with Crippen molar-refractivity contribution in [1.29, 1.82) is 0 Å². The monoisotopic (exact) mass is 343 g/mol. The lowest BCUT2D eigenvalue weighted by atomic mass is 9.69. The van der Waals surface area contributed by atoms with E-state index in [0.29, 0.717) is 6.04 Å². The van der Waals surface area contributed by atoms with Crippen molar-refractivity contribution in [3.63, 3.8) is 0 Å². The Hall–Kier alpha value is -0.160. The van der Waals surface area contributed by atoms with E-state index in [1.54, 1.807) is 0 Å². The van der Waals surface area contributed by atoms with Gasteiger partial charge in [-0.15, -0.1) is 0 Å². The van der Waals surface area contributed by atoms with Crippen LogP contribution in [-0.4, -0.2) is 55.3 Å². The van der Waals surface area contributed by atoms with Crippen molar-refractivity contribution in [2.45, 2.75) is 86.8 Å². The topological polar surface area (TPSA) is 41.7 Å². The summed E-state index contributed by atoms with van der Waals surface area (Å²) >= 11 is 0. The summed E-state index contributed by atoms with van der Waals surface area (Å²) in [6.45, 7) is 22.0. The van der Waals surface area contributed by atoms with Gasteiger partial charge in [0.1, 0.15) is 0 Å². The van der Waals surface area contributed by atoms with E-state index in [-0.39, 0.29) is 16.9 Å². The van der Waals surface area contributed by atoms with Crippen molar-refractivity contribution in [2.24, 2.45) is 16.7 Å². The molecule has 1 aliphatic rings. The largest absolute Gasteiger partial charge is 0.375 e. The average Bonchev–Trinajstić information content (AvgIpc) is 2.54. The number of hydrogen-bond donors (Lipinski definition) is 1. The third kappa shape index (κ3) is 6.99. The zero-order chi connectivity index (χ0) is 19.0. The van der Waals surface area contributed by atoms with Gasteiger partial charge in [-0.1, -0.05) is 61.8 Å². The van der Waals surface area contributed by atoms with E-state index >= 15 is 0 Å². The van der Waals surface area contributed by atoms with Gasteiger partial charge >= 0.3 is 0 Å². The van der Waals surface area contributed by atoms with E-state index in [4.69, 9.17) is 10.6 Å². The average molecular weight is 344 g/mol. The lowest BCUT2D eigenvalue weighted by molar-refractivity contribution is -0.156. The molecule has 0 bridgehead atoms. The summed E-state index contributed by atoms with van der Waals surface area (Å²) in [7, 11) is 2.11. The van der Waals surface area contributed by atoms with E-state index in [0.717, 1.165) is 32.7 Å². The van der Waals surface area contributed by atoms with Crippen LogP contribution in [0.2, 0.25) is 0 Å². The highest BCUT2D eigenvalue weighted by Crippen LogP contribution is 2.41. The summed E-state index contributed by atoms with van der Waals surface area (Å²) in [6.07, 6.45) is 3.72. The summed E-state index contributed by atoms with van der Waals surface area (Å²) < 4.78 is 6.13. The fourth-order valence-electron chi connectivity index (χ4n) is 3.42. The highest BCUT2D eigenvalue weighted by Gasteiger charge is 2.47. The van der Waals surface area contributed by atoms with Crippen LogP contribution in [0, 0.1) is 10.8 Å². The standard InChI is InChI=1S/C15H32N2O.C5H13N/c1-7-9-15(5,6)12-13(14(3,4)8-2)18-11-10-17(12)16;1-4-6(3)5-2/h12-13H,7-11,16H2,1-6H3;4-5H2,1-3H3. The minimum atomic E-state index is 0.174.